The van der Waals surface area contributed by atoms with Crippen LogP contribution in [0.25, 0.3) is 11.4 Å². The monoisotopic (exact) mass is 363 g/mol. The first-order valence-corrected chi connectivity index (χ1v) is 6.97. The van der Waals surface area contributed by atoms with E-state index in [-0.39, 0.29) is 24.5 Å². The van der Waals surface area contributed by atoms with Crippen molar-refractivity contribution in [2.45, 2.75) is 25.3 Å². The van der Waals surface area contributed by atoms with E-state index in [1.54, 1.807) is 0 Å². The number of hydrogen-bond acceptors (Lipinski definition) is 4. The number of rotatable bonds is 8. The van der Waals surface area contributed by atoms with Gasteiger partial charge in [0.1, 0.15) is 5.75 Å². The van der Waals surface area contributed by atoms with Crippen LogP contribution in [0.2, 0.25) is 0 Å². The van der Waals surface area contributed by atoms with Gasteiger partial charge in [-0.15, -0.1) is 5.10 Å². The number of aromatic nitrogens is 3. The number of H-pyrrole nitrogens is 1. The van der Waals surface area contributed by atoms with E-state index >= 15 is 0 Å². The summed E-state index contributed by atoms with van der Waals surface area (Å²) >= 11 is 0. The van der Waals surface area contributed by atoms with Gasteiger partial charge in [-0.3, -0.25) is 9.78 Å². The maximum absolute atomic E-state index is 12.8. The third kappa shape index (κ3) is 4.81. The molecular formula is C14H13F4N3O4. The van der Waals surface area contributed by atoms with Gasteiger partial charge in [0.2, 0.25) is 0 Å². The van der Waals surface area contributed by atoms with Gasteiger partial charge in [-0.05, 0) is 24.3 Å². The van der Waals surface area contributed by atoms with Crippen LogP contribution in [-0.2, 0) is 11.3 Å². The molecule has 1 aromatic heterocycles. The van der Waals surface area contributed by atoms with Crippen molar-refractivity contribution in [3.05, 3.63) is 34.7 Å². The predicted octanol–water partition coefficient (Wildman–Crippen LogP) is 1.99. The Hall–Kier alpha value is -2.85. The fourth-order valence-corrected chi connectivity index (χ4v) is 1.79. The Bertz CT molecular complexity index is 786. The molecule has 0 bridgehead atoms. The molecule has 2 N–H and O–H groups in total. The number of nitrogens with zero attached hydrogens (tertiary/aromatic N) is 2. The van der Waals surface area contributed by atoms with E-state index in [1.165, 1.54) is 24.3 Å². The van der Waals surface area contributed by atoms with E-state index in [1.807, 2.05) is 0 Å². The highest BCUT2D eigenvalue weighted by atomic mass is 19.3. The number of halogens is 4. The van der Waals surface area contributed by atoms with Crippen molar-refractivity contribution in [3.63, 3.8) is 0 Å². The first-order chi connectivity index (χ1) is 11.7. The Morgan fingerprint density at radius 1 is 1.32 bits per heavy atom. The summed E-state index contributed by atoms with van der Waals surface area (Å²) < 4.78 is 55.2. The summed E-state index contributed by atoms with van der Waals surface area (Å²) in [6.07, 6.45) is -4.11. The molecule has 0 aliphatic carbocycles. The molecule has 1 aromatic carbocycles. The maximum atomic E-state index is 12.8. The number of aromatic amines is 1. The van der Waals surface area contributed by atoms with Crippen LogP contribution in [0.3, 0.4) is 0 Å². The summed E-state index contributed by atoms with van der Waals surface area (Å²) in [6, 6.07) is 5.28. The number of nitrogens with one attached hydrogen (secondary N) is 1. The molecule has 0 spiro atoms. The quantitative estimate of drug-likeness (QED) is 0.699. The van der Waals surface area contributed by atoms with Crippen LogP contribution < -0.4 is 10.4 Å². The summed E-state index contributed by atoms with van der Waals surface area (Å²) in [4.78, 5) is 24.6. The number of alkyl halides is 4. The second-order valence-electron chi connectivity index (χ2n) is 5.02. The molecule has 136 valence electrons. The average molecular weight is 363 g/mol. The van der Waals surface area contributed by atoms with Crippen LogP contribution in [0.4, 0.5) is 17.6 Å². The molecule has 0 aliphatic rings. The van der Waals surface area contributed by atoms with Crippen LogP contribution in [-0.4, -0.2) is 44.8 Å². The van der Waals surface area contributed by atoms with Gasteiger partial charge in [0.15, 0.2) is 12.4 Å². The van der Waals surface area contributed by atoms with Crippen LogP contribution >= 0.6 is 0 Å². The third-order valence-electron chi connectivity index (χ3n) is 3.10. The molecule has 0 amide bonds. The van der Waals surface area contributed by atoms with E-state index < -0.39 is 30.6 Å². The van der Waals surface area contributed by atoms with E-state index in [9.17, 15) is 27.2 Å². The molecule has 2 aromatic rings. The Kier molecular flexibility index (Phi) is 5.45. The van der Waals surface area contributed by atoms with Gasteiger partial charge >= 0.3 is 24.0 Å². The zero-order chi connectivity index (χ0) is 18.6. The fraction of sp³-hybridized carbons (Fsp3) is 0.357. The first kappa shape index (κ1) is 18.5. The molecule has 0 unspecified atom stereocenters. The van der Waals surface area contributed by atoms with Gasteiger partial charge in [-0.1, -0.05) is 0 Å². The molecule has 0 atom stereocenters. The minimum absolute atomic E-state index is 0.0586. The van der Waals surface area contributed by atoms with Crippen molar-refractivity contribution in [2.75, 3.05) is 6.61 Å². The summed E-state index contributed by atoms with van der Waals surface area (Å²) in [7, 11) is 0. The zero-order valence-corrected chi connectivity index (χ0v) is 12.6. The highest BCUT2D eigenvalue weighted by molar-refractivity contribution is 5.66. The lowest BCUT2D eigenvalue weighted by atomic mass is 10.2. The normalized spacial score (nSPS) is 11.7. The van der Waals surface area contributed by atoms with Crippen LogP contribution in [0, 0.1) is 0 Å². The maximum Gasteiger partial charge on any atom is 0.343 e. The number of carboxylic acid groups (broad SMARTS) is 1. The van der Waals surface area contributed by atoms with Gasteiger partial charge in [0.25, 0.3) is 0 Å². The van der Waals surface area contributed by atoms with Gasteiger partial charge in [-0.2, -0.15) is 8.78 Å². The third-order valence-corrected chi connectivity index (χ3v) is 3.10. The largest absolute Gasteiger partial charge is 0.487 e. The summed E-state index contributed by atoms with van der Waals surface area (Å²) in [6.45, 7) is -1.58. The lowest BCUT2D eigenvalue weighted by Gasteiger charge is -2.15. The van der Waals surface area contributed by atoms with Crippen molar-refractivity contribution in [3.8, 4) is 17.1 Å². The van der Waals surface area contributed by atoms with Gasteiger partial charge < -0.3 is 9.84 Å². The van der Waals surface area contributed by atoms with Crippen molar-refractivity contribution in [2.24, 2.45) is 0 Å². The Balaban J connectivity index is 2.06. The summed E-state index contributed by atoms with van der Waals surface area (Å²) in [5.41, 5.74) is -0.202. The number of benzene rings is 1. The Morgan fingerprint density at radius 3 is 2.52 bits per heavy atom. The molecular weight excluding hydrogens is 350 g/mol. The summed E-state index contributed by atoms with van der Waals surface area (Å²) in [5.74, 6) is -5.26. The lowest BCUT2D eigenvalue weighted by Crippen LogP contribution is -2.33. The molecule has 2 rings (SSSR count). The topological polar surface area (TPSA) is 97.2 Å². The number of carbonyl (C=O) groups is 1. The van der Waals surface area contributed by atoms with E-state index in [2.05, 4.69) is 14.8 Å². The van der Waals surface area contributed by atoms with Gasteiger partial charge in [0.05, 0.1) is 13.0 Å². The zero-order valence-electron chi connectivity index (χ0n) is 12.6. The number of ether oxygens (including phenoxy) is 1. The first-order valence-electron chi connectivity index (χ1n) is 6.97. The van der Waals surface area contributed by atoms with Crippen LogP contribution in [0.5, 0.6) is 5.75 Å². The Labute approximate surface area is 137 Å². The summed E-state index contributed by atoms with van der Waals surface area (Å²) in [5, 5.41) is 12.5. The van der Waals surface area contributed by atoms with Crippen molar-refractivity contribution < 1.29 is 32.2 Å². The molecule has 1 heterocycles. The SMILES string of the molecule is O=C(O)CCn1nc(-c2ccc(OCC(F)(F)C(F)F)cc2)[nH]c1=O. The molecule has 0 radical (unpaired) electrons. The number of hydrogen-bond donors (Lipinski definition) is 2. The molecule has 0 saturated carbocycles. The number of carboxylic acids is 1. The standard InChI is InChI=1S/C14H13F4N3O4/c15-12(16)14(17,18)7-25-9-3-1-8(2-4-9)11-19-13(24)21(20-11)6-5-10(22)23/h1-4,12H,5-7H2,(H,22,23)(H,19,20,24). The lowest BCUT2D eigenvalue weighted by molar-refractivity contribution is -0.148. The molecule has 0 fully saturated rings. The molecule has 0 aliphatic heterocycles. The van der Waals surface area contributed by atoms with E-state index in [0.29, 0.717) is 5.56 Å². The van der Waals surface area contributed by atoms with E-state index in [0.717, 1.165) is 4.68 Å². The second-order valence-corrected chi connectivity index (χ2v) is 5.02. The average Bonchev–Trinajstić information content (AvgIpc) is 2.92. The number of aliphatic carboxylic acids is 1. The van der Waals surface area contributed by atoms with E-state index in [4.69, 9.17) is 5.11 Å². The molecule has 25 heavy (non-hydrogen) atoms. The second kappa shape index (κ2) is 7.36. The number of aryl methyl sites for hydroxylation is 1. The van der Waals surface area contributed by atoms with Crippen LogP contribution in [0.1, 0.15) is 6.42 Å². The van der Waals surface area contributed by atoms with Crippen molar-refractivity contribution >= 4 is 5.97 Å². The minimum atomic E-state index is -4.26. The van der Waals surface area contributed by atoms with Crippen LogP contribution in [0.15, 0.2) is 29.1 Å². The fourth-order valence-electron chi connectivity index (χ4n) is 1.79. The highest BCUT2D eigenvalue weighted by Gasteiger charge is 2.41. The van der Waals surface area contributed by atoms with Crippen molar-refractivity contribution in [1.82, 2.24) is 14.8 Å². The highest BCUT2D eigenvalue weighted by Crippen LogP contribution is 2.25. The predicted molar refractivity (Wildman–Crippen MR) is 77.0 cm³/mol. The Morgan fingerprint density at radius 2 is 1.96 bits per heavy atom. The van der Waals surface area contributed by atoms with Gasteiger partial charge in [-0.25, -0.2) is 18.3 Å². The molecule has 0 saturated heterocycles. The van der Waals surface area contributed by atoms with Crippen molar-refractivity contribution in [1.29, 1.82) is 0 Å². The van der Waals surface area contributed by atoms with Gasteiger partial charge in [0, 0.05) is 5.56 Å². The molecule has 7 nitrogen and oxygen atoms in total. The smallest absolute Gasteiger partial charge is 0.343 e. The minimum Gasteiger partial charge on any atom is -0.487 e. The molecule has 11 heteroatoms.